The molecule has 1 aromatic carbocycles. The van der Waals surface area contributed by atoms with E-state index in [0.717, 1.165) is 12.5 Å². The molecule has 0 atom stereocenters. The van der Waals surface area contributed by atoms with Crippen molar-refractivity contribution in [3.63, 3.8) is 0 Å². The van der Waals surface area contributed by atoms with Crippen LogP contribution in [0.1, 0.15) is 24.8 Å². The summed E-state index contributed by atoms with van der Waals surface area (Å²) in [5, 5.41) is 0. The van der Waals surface area contributed by atoms with Gasteiger partial charge in [-0.05, 0) is 25.3 Å². The average molecular weight is 231 g/mol. The Bertz CT molecular complexity index is 430. The van der Waals surface area contributed by atoms with Gasteiger partial charge in [-0.25, -0.2) is 8.78 Å². The third-order valence-corrected chi connectivity index (χ3v) is 3.10. The molecule has 0 saturated heterocycles. The highest BCUT2D eigenvalue weighted by atomic mass is 19.2. The first-order valence-corrected chi connectivity index (χ1v) is 5.00. The molecule has 2 rings (SSSR count). The fourth-order valence-corrected chi connectivity index (χ4v) is 1.97. The van der Waals surface area contributed by atoms with E-state index in [9.17, 15) is 13.2 Å². The first-order chi connectivity index (χ1) is 7.49. The van der Waals surface area contributed by atoms with Gasteiger partial charge < -0.3 is 10.5 Å². The molecule has 2 nitrogen and oxygen atoms in total. The molecular weight excluding hydrogens is 219 g/mol. The van der Waals surface area contributed by atoms with Crippen molar-refractivity contribution < 1.29 is 17.9 Å². The first-order valence-electron chi connectivity index (χ1n) is 5.00. The summed E-state index contributed by atoms with van der Waals surface area (Å²) in [5.74, 6) is -4.36. The van der Waals surface area contributed by atoms with E-state index >= 15 is 0 Å². The molecule has 0 heterocycles. The van der Waals surface area contributed by atoms with E-state index in [0.29, 0.717) is 12.8 Å². The molecule has 1 saturated carbocycles. The number of benzene rings is 1. The zero-order chi connectivity index (χ0) is 11.9. The minimum atomic E-state index is -1.52. The lowest BCUT2D eigenvalue weighted by Crippen LogP contribution is -2.43. The van der Waals surface area contributed by atoms with Crippen molar-refractivity contribution in [1.29, 1.82) is 0 Å². The molecule has 2 N–H and O–H groups in total. The molecule has 0 radical (unpaired) electrons. The molecule has 0 unspecified atom stereocenters. The summed E-state index contributed by atoms with van der Waals surface area (Å²) >= 11 is 0. The number of methoxy groups -OCH3 is 1. The van der Waals surface area contributed by atoms with Crippen LogP contribution in [0.4, 0.5) is 13.2 Å². The van der Waals surface area contributed by atoms with E-state index in [1.165, 1.54) is 7.11 Å². The summed E-state index contributed by atoms with van der Waals surface area (Å²) < 4.78 is 44.3. The van der Waals surface area contributed by atoms with Gasteiger partial charge in [-0.2, -0.15) is 4.39 Å². The van der Waals surface area contributed by atoms with Crippen LogP contribution in [0.3, 0.4) is 0 Å². The summed E-state index contributed by atoms with van der Waals surface area (Å²) in [5.41, 5.74) is 5.37. The maximum absolute atomic E-state index is 13.4. The van der Waals surface area contributed by atoms with Gasteiger partial charge in [-0.15, -0.1) is 0 Å². The van der Waals surface area contributed by atoms with Crippen molar-refractivity contribution in [2.45, 2.75) is 24.8 Å². The molecule has 0 bridgehead atoms. The highest BCUT2D eigenvalue weighted by molar-refractivity contribution is 5.42. The molecule has 1 fully saturated rings. The molecule has 0 amide bonds. The van der Waals surface area contributed by atoms with Gasteiger partial charge in [0.05, 0.1) is 7.11 Å². The second-order valence-corrected chi connectivity index (χ2v) is 4.08. The Hall–Kier alpha value is -1.23. The first kappa shape index (κ1) is 11.3. The third kappa shape index (κ3) is 1.46. The largest absolute Gasteiger partial charge is 0.493 e. The van der Waals surface area contributed by atoms with E-state index in [-0.39, 0.29) is 11.3 Å². The number of ether oxygens (including phenoxy) is 1. The molecule has 0 aromatic heterocycles. The topological polar surface area (TPSA) is 35.2 Å². The van der Waals surface area contributed by atoms with Crippen LogP contribution in [-0.4, -0.2) is 7.11 Å². The van der Waals surface area contributed by atoms with Gasteiger partial charge in [0.2, 0.25) is 5.82 Å². The van der Waals surface area contributed by atoms with Gasteiger partial charge in [0.15, 0.2) is 17.4 Å². The van der Waals surface area contributed by atoms with Crippen molar-refractivity contribution in [3.8, 4) is 5.75 Å². The lowest BCUT2D eigenvalue weighted by molar-refractivity contribution is 0.237. The molecule has 88 valence electrons. The minimum Gasteiger partial charge on any atom is -0.493 e. The van der Waals surface area contributed by atoms with Crippen molar-refractivity contribution in [3.05, 3.63) is 29.1 Å². The van der Waals surface area contributed by atoms with Crippen LogP contribution in [0.2, 0.25) is 0 Å². The Kier molecular flexibility index (Phi) is 2.58. The zero-order valence-corrected chi connectivity index (χ0v) is 8.82. The quantitative estimate of drug-likeness (QED) is 0.793. The number of hydrogen-bond acceptors (Lipinski definition) is 2. The number of halogens is 3. The highest BCUT2D eigenvalue weighted by Gasteiger charge is 2.39. The molecule has 5 heteroatoms. The van der Waals surface area contributed by atoms with E-state index in [2.05, 4.69) is 0 Å². The normalized spacial score (nSPS) is 18.1. The predicted molar refractivity (Wildman–Crippen MR) is 52.6 cm³/mol. The molecule has 16 heavy (non-hydrogen) atoms. The van der Waals surface area contributed by atoms with Crippen LogP contribution >= 0.6 is 0 Å². The third-order valence-electron chi connectivity index (χ3n) is 3.10. The SMILES string of the molecule is COc1c(C2(N)CCC2)cc(F)c(F)c1F. The average Bonchev–Trinajstić information content (AvgIpc) is 2.22. The van der Waals surface area contributed by atoms with Crippen LogP contribution in [0.5, 0.6) is 5.75 Å². The van der Waals surface area contributed by atoms with E-state index < -0.39 is 23.0 Å². The summed E-state index contributed by atoms with van der Waals surface area (Å²) in [6.45, 7) is 0. The minimum absolute atomic E-state index is 0.206. The zero-order valence-electron chi connectivity index (χ0n) is 8.82. The maximum Gasteiger partial charge on any atom is 0.204 e. The number of rotatable bonds is 2. The summed E-state index contributed by atoms with van der Waals surface area (Å²) in [6, 6.07) is 0.927. The van der Waals surface area contributed by atoms with Gasteiger partial charge in [-0.3, -0.25) is 0 Å². The Morgan fingerprint density at radius 1 is 1.25 bits per heavy atom. The molecule has 1 aromatic rings. The monoisotopic (exact) mass is 231 g/mol. The van der Waals surface area contributed by atoms with Crippen molar-refractivity contribution >= 4 is 0 Å². The molecular formula is C11H12F3NO. The van der Waals surface area contributed by atoms with Gasteiger partial charge in [0, 0.05) is 11.1 Å². The fourth-order valence-electron chi connectivity index (χ4n) is 1.97. The number of nitrogens with two attached hydrogens (primary N) is 1. The Morgan fingerprint density at radius 3 is 2.31 bits per heavy atom. The predicted octanol–water partition coefficient (Wildman–Crippen LogP) is 2.45. The Morgan fingerprint density at radius 2 is 1.88 bits per heavy atom. The summed E-state index contributed by atoms with van der Waals surface area (Å²) in [4.78, 5) is 0. The molecule has 0 spiro atoms. The fraction of sp³-hybridized carbons (Fsp3) is 0.455. The van der Waals surface area contributed by atoms with Crippen LogP contribution in [0, 0.1) is 17.5 Å². The van der Waals surface area contributed by atoms with E-state index in [1.54, 1.807) is 0 Å². The van der Waals surface area contributed by atoms with Crippen molar-refractivity contribution in [2.24, 2.45) is 5.73 Å². The van der Waals surface area contributed by atoms with E-state index in [4.69, 9.17) is 10.5 Å². The summed E-state index contributed by atoms with van der Waals surface area (Å²) in [7, 11) is 1.21. The lowest BCUT2D eigenvalue weighted by atomic mass is 9.72. The van der Waals surface area contributed by atoms with E-state index in [1.807, 2.05) is 0 Å². The van der Waals surface area contributed by atoms with Gasteiger partial charge in [0.25, 0.3) is 0 Å². The standard InChI is InChI=1S/C11H12F3NO/c1-16-10-6(11(15)3-2-4-11)5-7(12)8(13)9(10)14/h5H,2-4,15H2,1H3. The van der Waals surface area contributed by atoms with Crippen LogP contribution < -0.4 is 10.5 Å². The van der Waals surface area contributed by atoms with Crippen molar-refractivity contribution in [1.82, 2.24) is 0 Å². The Labute approximate surface area is 91.2 Å². The molecule has 1 aliphatic rings. The van der Waals surface area contributed by atoms with Gasteiger partial charge in [0.1, 0.15) is 0 Å². The highest BCUT2D eigenvalue weighted by Crippen LogP contribution is 2.44. The van der Waals surface area contributed by atoms with Crippen LogP contribution in [0.25, 0.3) is 0 Å². The van der Waals surface area contributed by atoms with Gasteiger partial charge >= 0.3 is 0 Å². The Balaban J connectivity index is 2.60. The van der Waals surface area contributed by atoms with Gasteiger partial charge in [-0.1, -0.05) is 0 Å². The molecule has 0 aliphatic heterocycles. The molecule has 1 aliphatic carbocycles. The maximum atomic E-state index is 13.4. The second-order valence-electron chi connectivity index (χ2n) is 4.08. The van der Waals surface area contributed by atoms with Crippen LogP contribution in [0.15, 0.2) is 6.07 Å². The van der Waals surface area contributed by atoms with Crippen molar-refractivity contribution in [2.75, 3.05) is 7.11 Å². The van der Waals surface area contributed by atoms with Crippen LogP contribution in [-0.2, 0) is 5.54 Å². The lowest BCUT2D eigenvalue weighted by Gasteiger charge is -2.39. The summed E-state index contributed by atoms with van der Waals surface area (Å²) in [6.07, 6.45) is 2.13. The second kappa shape index (κ2) is 3.66. The number of hydrogen-bond donors (Lipinski definition) is 1. The smallest absolute Gasteiger partial charge is 0.204 e.